The van der Waals surface area contributed by atoms with Crippen molar-refractivity contribution < 1.29 is 0 Å². The second kappa shape index (κ2) is 5.14. The van der Waals surface area contributed by atoms with Crippen LogP contribution >= 0.6 is 11.6 Å². The van der Waals surface area contributed by atoms with Crippen molar-refractivity contribution in [2.45, 2.75) is 13.3 Å². The largest absolute Gasteiger partial charge is 0.369 e. The third-order valence-electron chi connectivity index (χ3n) is 4.03. The van der Waals surface area contributed by atoms with E-state index < -0.39 is 0 Å². The average molecular weight is 311 g/mol. The van der Waals surface area contributed by atoms with Gasteiger partial charge in [0.25, 0.3) is 0 Å². The van der Waals surface area contributed by atoms with Crippen LogP contribution in [0.3, 0.4) is 0 Å². The summed E-state index contributed by atoms with van der Waals surface area (Å²) in [6.07, 6.45) is 2.76. The smallest absolute Gasteiger partial charge is 0.133 e. The lowest BCUT2D eigenvalue weighted by molar-refractivity contribution is 0.873. The molecule has 3 aromatic rings. The van der Waals surface area contributed by atoms with Crippen molar-refractivity contribution in [3.05, 3.63) is 58.7 Å². The fourth-order valence-electron chi connectivity index (χ4n) is 2.88. The first-order valence-corrected chi connectivity index (χ1v) is 7.66. The van der Waals surface area contributed by atoms with Gasteiger partial charge in [-0.1, -0.05) is 23.7 Å². The van der Waals surface area contributed by atoms with Gasteiger partial charge in [-0.2, -0.15) is 5.10 Å². The summed E-state index contributed by atoms with van der Waals surface area (Å²) in [6.45, 7) is 2.94. The number of nitrogens with one attached hydrogen (secondary N) is 1. The Bertz CT molecular complexity index is 839. The minimum absolute atomic E-state index is 0.749. The molecule has 2 aromatic heterocycles. The molecular formula is C17H15ClN4. The second-order valence-corrected chi connectivity index (χ2v) is 5.77. The summed E-state index contributed by atoms with van der Waals surface area (Å²) in [4.78, 5) is 4.44. The van der Waals surface area contributed by atoms with Crippen LogP contribution in [0.15, 0.2) is 42.6 Å². The molecule has 1 aliphatic heterocycles. The number of fused-ring (bicyclic) bond motifs is 1. The molecule has 110 valence electrons. The standard InChI is InChI=1S/C17H15ClN4/c1-11-13(18)5-4-7-15(11)22-17-12(8-10-20-17)16(21-22)14-6-2-3-9-19-14/h2-7,9,20H,8,10H2,1H3. The first kappa shape index (κ1) is 13.3. The van der Waals surface area contributed by atoms with Crippen LogP contribution in [-0.2, 0) is 6.42 Å². The third kappa shape index (κ3) is 1.99. The van der Waals surface area contributed by atoms with E-state index in [0.717, 1.165) is 46.4 Å². The molecule has 1 aliphatic rings. The minimum atomic E-state index is 0.749. The number of pyridine rings is 1. The van der Waals surface area contributed by atoms with Crippen LogP contribution in [0.25, 0.3) is 17.1 Å². The van der Waals surface area contributed by atoms with E-state index in [1.165, 1.54) is 5.56 Å². The number of aromatic nitrogens is 3. The van der Waals surface area contributed by atoms with Gasteiger partial charge in [0.1, 0.15) is 11.5 Å². The summed E-state index contributed by atoms with van der Waals surface area (Å²) in [6, 6.07) is 11.8. The fourth-order valence-corrected chi connectivity index (χ4v) is 3.05. The molecule has 4 nitrogen and oxygen atoms in total. The highest BCUT2D eigenvalue weighted by Gasteiger charge is 2.25. The van der Waals surface area contributed by atoms with Crippen molar-refractivity contribution in [2.75, 3.05) is 11.9 Å². The number of hydrogen-bond acceptors (Lipinski definition) is 3. The highest BCUT2D eigenvalue weighted by molar-refractivity contribution is 6.31. The number of anilines is 1. The van der Waals surface area contributed by atoms with Gasteiger partial charge >= 0.3 is 0 Å². The fraction of sp³-hybridized carbons (Fsp3) is 0.176. The first-order valence-electron chi connectivity index (χ1n) is 7.28. The Hall–Kier alpha value is -2.33. The number of hydrogen-bond donors (Lipinski definition) is 1. The molecule has 0 saturated heterocycles. The topological polar surface area (TPSA) is 42.7 Å². The van der Waals surface area contributed by atoms with Crippen LogP contribution in [0.4, 0.5) is 5.82 Å². The van der Waals surface area contributed by atoms with Crippen LogP contribution in [-0.4, -0.2) is 21.3 Å². The van der Waals surface area contributed by atoms with Gasteiger partial charge in [-0.3, -0.25) is 4.98 Å². The summed E-state index contributed by atoms with van der Waals surface area (Å²) < 4.78 is 1.95. The molecule has 0 bridgehead atoms. The van der Waals surface area contributed by atoms with Crippen molar-refractivity contribution in [1.29, 1.82) is 0 Å². The van der Waals surface area contributed by atoms with E-state index in [-0.39, 0.29) is 0 Å². The summed E-state index contributed by atoms with van der Waals surface area (Å²) in [5.74, 6) is 1.05. The lowest BCUT2D eigenvalue weighted by Gasteiger charge is -2.10. The molecule has 22 heavy (non-hydrogen) atoms. The van der Waals surface area contributed by atoms with Crippen molar-refractivity contribution >= 4 is 17.4 Å². The van der Waals surface area contributed by atoms with Crippen molar-refractivity contribution in [3.8, 4) is 17.1 Å². The van der Waals surface area contributed by atoms with Gasteiger partial charge in [0.2, 0.25) is 0 Å². The second-order valence-electron chi connectivity index (χ2n) is 5.36. The maximum absolute atomic E-state index is 6.26. The van der Waals surface area contributed by atoms with E-state index in [1.54, 1.807) is 6.20 Å². The first-order chi connectivity index (χ1) is 10.8. The highest BCUT2D eigenvalue weighted by atomic mass is 35.5. The third-order valence-corrected chi connectivity index (χ3v) is 4.44. The zero-order valence-corrected chi connectivity index (χ0v) is 12.9. The summed E-state index contributed by atoms with van der Waals surface area (Å²) in [5, 5.41) is 8.99. The van der Waals surface area contributed by atoms with Crippen LogP contribution in [0.2, 0.25) is 5.02 Å². The maximum Gasteiger partial charge on any atom is 0.133 e. The van der Waals surface area contributed by atoms with Crippen LogP contribution in [0.1, 0.15) is 11.1 Å². The minimum Gasteiger partial charge on any atom is -0.369 e. The SMILES string of the molecule is Cc1c(Cl)cccc1-n1nc(-c2ccccn2)c2c1NCC2. The zero-order valence-electron chi connectivity index (χ0n) is 12.2. The molecule has 0 unspecified atom stereocenters. The average Bonchev–Trinajstić information content (AvgIpc) is 3.13. The Labute approximate surface area is 133 Å². The molecule has 0 amide bonds. The molecule has 0 atom stereocenters. The quantitative estimate of drug-likeness (QED) is 0.781. The molecule has 1 N–H and O–H groups in total. The molecule has 0 fully saturated rings. The van der Waals surface area contributed by atoms with E-state index in [9.17, 15) is 0 Å². The van der Waals surface area contributed by atoms with E-state index in [4.69, 9.17) is 16.7 Å². The van der Waals surface area contributed by atoms with E-state index >= 15 is 0 Å². The molecule has 0 aliphatic carbocycles. The Morgan fingerprint density at radius 3 is 2.91 bits per heavy atom. The predicted octanol–water partition coefficient (Wildman–Crippen LogP) is 3.86. The van der Waals surface area contributed by atoms with Gasteiger partial charge in [-0.15, -0.1) is 0 Å². The monoisotopic (exact) mass is 310 g/mol. The highest BCUT2D eigenvalue weighted by Crippen LogP contribution is 2.35. The molecule has 5 heteroatoms. The Morgan fingerprint density at radius 1 is 1.18 bits per heavy atom. The van der Waals surface area contributed by atoms with Gasteiger partial charge in [-0.25, -0.2) is 4.68 Å². The molecule has 0 saturated carbocycles. The molecular weight excluding hydrogens is 296 g/mol. The lowest BCUT2D eigenvalue weighted by Crippen LogP contribution is -2.06. The van der Waals surface area contributed by atoms with E-state index in [2.05, 4.69) is 10.3 Å². The Balaban J connectivity index is 1.94. The number of halogens is 1. The van der Waals surface area contributed by atoms with Gasteiger partial charge in [0.15, 0.2) is 0 Å². The number of nitrogens with zero attached hydrogens (tertiary/aromatic N) is 3. The Morgan fingerprint density at radius 2 is 2.09 bits per heavy atom. The molecule has 1 aromatic carbocycles. The molecule has 0 spiro atoms. The zero-order chi connectivity index (χ0) is 15.1. The van der Waals surface area contributed by atoms with E-state index in [0.29, 0.717) is 0 Å². The van der Waals surface area contributed by atoms with E-state index in [1.807, 2.05) is 48.0 Å². The number of benzene rings is 1. The van der Waals surface area contributed by atoms with Gasteiger partial charge in [0, 0.05) is 23.3 Å². The van der Waals surface area contributed by atoms with Gasteiger partial charge in [-0.05, 0) is 43.2 Å². The van der Waals surface area contributed by atoms with Crippen molar-refractivity contribution in [2.24, 2.45) is 0 Å². The normalized spacial score (nSPS) is 13.0. The van der Waals surface area contributed by atoms with Gasteiger partial charge < -0.3 is 5.32 Å². The van der Waals surface area contributed by atoms with Gasteiger partial charge in [0.05, 0.1) is 11.4 Å². The summed E-state index contributed by atoms with van der Waals surface area (Å²) in [5.41, 5.74) is 5.09. The maximum atomic E-state index is 6.26. The molecule has 4 rings (SSSR count). The van der Waals surface area contributed by atoms with Crippen LogP contribution in [0, 0.1) is 6.92 Å². The van der Waals surface area contributed by atoms with Crippen molar-refractivity contribution in [1.82, 2.24) is 14.8 Å². The van der Waals surface area contributed by atoms with Crippen molar-refractivity contribution in [3.63, 3.8) is 0 Å². The predicted molar refractivity (Wildman–Crippen MR) is 88.7 cm³/mol. The molecule has 0 radical (unpaired) electrons. The van der Waals surface area contributed by atoms with Crippen LogP contribution in [0.5, 0.6) is 0 Å². The number of rotatable bonds is 2. The lowest BCUT2D eigenvalue weighted by atomic mass is 10.1. The molecule has 3 heterocycles. The summed E-state index contributed by atoms with van der Waals surface area (Å²) in [7, 11) is 0. The van der Waals surface area contributed by atoms with Crippen LogP contribution < -0.4 is 5.32 Å². The summed E-state index contributed by atoms with van der Waals surface area (Å²) >= 11 is 6.26. The Kier molecular flexibility index (Phi) is 3.12.